The minimum atomic E-state index is -0.974. The van der Waals surface area contributed by atoms with Crippen molar-refractivity contribution in [3.05, 3.63) is 23.8 Å². The molecule has 1 rings (SSSR count). The fraction of sp³-hybridized carbons (Fsp3) is 0.533. The van der Waals surface area contributed by atoms with E-state index in [1.165, 1.54) is 7.11 Å². The third-order valence-electron chi connectivity index (χ3n) is 3.02. The average molecular weight is 296 g/mol. The van der Waals surface area contributed by atoms with Crippen LogP contribution < -0.4 is 15.4 Å². The van der Waals surface area contributed by atoms with Gasteiger partial charge in [0.25, 0.3) is 0 Å². The Morgan fingerprint density at radius 3 is 2.57 bits per heavy atom. The molecule has 0 aliphatic carbocycles. The lowest BCUT2D eigenvalue weighted by atomic mass is 9.87. The Kier molecular flexibility index (Phi) is 5.99. The van der Waals surface area contributed by atoms with E-state index in [1.54, 1.807) is 6.07 Å². The number of urea groups is 1. The predicted molar refractivity (Wildman–Crippen MR) is 81.8 cm³/mol. The van der Waals surface area contributed by atoms with Crippen molar-refractivity contribution in [2.24, 2.45) is 0 Å². The van der Waals surface area contributed by atoms with Gasteiger partial charge in [0, 0.05) is 6.54 Å². The molecule has 118 valence electrons. The summed E-state index contributed by atoms with van der Waals surface area (Å²) in [5.41, 5.74) is 1.57. The Bertz CT molecular complexity index is 483. The van der Waals surface area contributed by atoms with Crippen molar-refractivity contribution in [1.29, 1.82) is 0 Å². The van der Waals surface area contributed by atoms with E-state index in [2.05, 4.69) is 31.4 Å². The SMILES string of the molecule is COc1ccc(C(C)(C)C)cc1NC(=O)NC[C@@H](O)CO. The first kappa shape index (κ1) is 17.3. The molecule has 0 bridgehead atoms. The first-order chi connectivity index (χ1) is 9.77. The van der Waals surface area contributed by atoms with Crippen molar-refractivity contribution in [2.45, 2.75) is 32.3 Å². The molecule has 0 aliphatic rings. The van der Waals surface area contributed by atoms with E-state index < -0.39 is 18.7 Å². The monoisotopic (exact) mass is 296 g/mol. The van der Waals surface area contributed by atoms with Crippen molar-refractivity contribution in [1.82, 2.24) is 5.32 Å². The van der Waals surface area contributed by atoms with Gasteiger partial charge in [0.2, 0.25) is 0 Å². The second-order valence-corrected chi connectivity index (χ2v) is 5.84. The fourth-order valence-corrected chi connectivity index (χ4v) is 1.71. The number of carbonyl (C=O) groups excluding carboxylic acids is 1. The topological polar surface area (TPSA) is 90.8 Å². The van der Waals surface area contributed by atoms with Crippen LogP contribution in [0.15, 0.2) is 18.2 Å². The van der Waals surface area contributed by atoms with Crippen LogP contribution in [0.25, 0.3) is 0 Å². The summed E-state index contributed by atoms with van der Waals surface area (Å²) in [6.07, 6.45) is -0.974. The molecule has 0 saturated carbocycles. The van der Waals surface area contributed by atoms with Gasteiger partial charge < -0.3 is 25.6 Å². The lowest BCUT2D eigenvalue weighted by Gasteiger charge is -2.21. The first-order valence-electron chi connectivity index (χ1n) is 6.80. The number of rotatable bonds is 5. The van der Waals surface area contributed by atoms with Gasteiger partial charge in [-0.15, -0.1) is 0 Å². The molecule has 0 aromatic heterocycles. The number of hydrogen-bond donors (Lipinski definition) is 4. The number of nitrogens with one attached hydrogen (secondary N) is 2. The van der Waals surface area contributed by atoms with Crippen molar-refractivity contribution < 1.29 is 19.7 Å². The molecule has 0 spiro atoms. The largest absolute Gasteiger partial charge is 0.495 e. The van der Waals surface area contributed by atoms with E-state index in [4.69, 9.17) is 9.84 Å². The molecule has 21 heavy (non-hydrogen) atoms. The van der Waals surface area contributed by atoms with Crippen LogP contribution in [0.5, 0.6) is 5.75 Å². The van der Waals surface area contributed by atoms with Gasteiger partial charge in [0.1, 0.15) is 5.75 Å². The highest BCUT2D eigenvalue weighted by Gasteiger charge is 2.17. The number of ether oxygens (including phenoxy) is 1. The van der Waals surface area contributed by atoms with Crippen molar-refractivity contribution >= 4 is 11.7 Å². The number of hydrogen-bond acceptors (Lipinski definition) is 4. The van der Waals surface area contributed by atoms with E-state index in [-0.39, 0.29) is 12.0 Å². The summed E-state index contributed by atoms with van der Waals surface area (Å²) >= 11 is 0. The fourth-order valence-electron chi connectivity index (χ4n) is 1.71. The Balaban J connectivity index is 2.83. The van der Waals surface area contributed by atoms with E-state index in [0.29, 0.717) is 11.4 Å². The molecule has 1 aromatic rings. The number of amides is 2. The van der Waals surface area contributed by atoms with Crippen LogP contribution in [0.1, 0.15) is 26.3 Å². The van der Waals surface area contributed by atoms with Crippen LogP contribution in [0.2, 0.25) is 0 Å². The molecular formula is C15H24N2O4. The number of aliphatic hydroxyl groups excluding tert-OH is 2. The number of benzene rings is 1. The summed E-state index contributed by atoms with van der Waals surface area (Å²) in [5.74, 6) is 0.556. The summed E-state index contributed by atoms with van der Waals surface area (Å²) in [4.78, 5) is 11.8. The summed E-state index contributed by atoms with van der Waals surface area (Å²) in [7, 11) is 1.53. The zero-order valence-electron chi connectivity index (χ0n) is 12.9. The van der Waals surface area contributed by atoms with Crippen molar-refractivity contribution in [3.8, 4) is 5.75 Å². The molecule has 1 atom stereocenters. The van der Waals surface area contributed by atoms with Gasteiger partial charge in [-0.3, -0.25) is 0 Å². The molecule has 6 nitrogen and oxygen atoms in total. The Hall–Kier alpha value is -1.79. The molecule has 2 amide bonds. The van der Waals surface area contributed by atoms with E-state index in [0.717, 1.165) is 5.56 Å². The normalized spacial score (nSPS) is 12.7. The highest BCUT2D eigenvalue weighted by molar-refractivity contribution is 5.91. The maximum atomic E-state index is 11.8. The van der Waals surface area contributed by atoms with Crippen LogP contribution in [0.3, 0.4) is 0 Å². The average Bonchev–Trinajstić information content (AvgIpc) is 2.43. The van der Waals surface area contributed by atoms with E-state index in [9.17, 15) is 9.90 Å². The highest BCUT2D eigenvalue weighted by Crippen LogP contribution is 2.31. The van der Waals surface area contributed by atoms with Gasteiger partial charge in [-0.05, 0) is 23.1 Å². The van der Waals surface area contributed by atoms with Crippen LogP contribution in [-0.2, 0) is 5.41 Å². The molecular weight excluding hydrogens is 272 g/mol. The Morgan fingerprint density at radius 1 is 1.38 bits per heavy atom. The number of aliphatic hydroxyl groups is 2. The van der Waals surface area contributed by atoms with Gasteiger partial charge >= 0.3 is 6.03 Å². The minimum absolute atomic E-state index is 0.0242. The summed E-state index contributed by atoms with van der Waals surface area (Å²) in [6.45, 7) is 5.82. The Labute approximate surface area is 125 Å². The molecule has 0 saturated heterocycles. The van der Waals surface area contributed by atoms with Gasteiger partial charge in [0.15, 0.2) is 0 Å². The van der Waals surface area contributed by atoms with Crippen molar-refractivity contribution in [2.75, 3.05) is 25.6 Å². The van der Waals surface area contributed by atoms with E-state index in [1.807, 2.05) is 12.1 Å². The first-order valence-corrected chi connectivity index (χ1v) is 6.80. The number of carbonyl (C=O) groups is 1. The summed E-state index contributed by atoms with van der Waals surface area (Å²) in [5, 5.41) is 23.1. The summed E-state index contributed by atoms with van der Waals surface area (Å²) < 4.78 is 5.23. The molecule has 0 fully saturated rings. The third-order valence-corrected chi connectivity index (χ3v) is 3.02. The third kappa shape index (κ3) is 5.24. The zero-order valence-corrected chi connectivity index (χ0v) is 12.9. The molecule has 4 N–H and O–H groups in total. The Morgan fingerprint density at radius 2 is 2.05 bits per heavy atom. The number of methoxy groups -OCH3 is 1. The molecule has 6 heteroatoms. The standard InChI is InChI=1S/C15H24N2O4/c1-15(2,3)10-5-6-13(21-4)12(7-10)17-14(20)16-8-11(19)9-18/h5-7,11,18-19H,8-9H2,1-4H3,(H2,16,17,20)/t11-/m1/s1. The molecule has 0 unspecified atom stereocenters. The quantitative estimate of drug-likeness (QED) is 0.662. The van der Waals surface area contributed by atoms with Crippen LogP contribution in [0.4, 0.5) is 10.5 Å². The summed E-state index contributed by atoms with van der Waals surface area (Å²) in [6, 6.07) is 5.16. The maximum absolute atomic E-state index is 11.8. The van der Waals surface area contributed by atoms with E-state index >= 15 is 0 Å². The van der Waals surface area contributed by atoms with Gasteiger partial charge in [0.05, 0.1) is 25.5 Å². The minimum Gasteiger partial charge on any atom is -0.495 e. The molecule has 0 heterocycles. The number of anilines is 1. The molecule has 0 radical (unpaired) electrons. The molecule has 0 aliphatic heterocycles. The highest BCUT2D eigenvalue weighted by atomic mass is 16.5. The van der Waals surface area contributed by atoms with Crippen LogP contribution in [-0.4, -0.2) is 42.6 Å². The maximum Gasteiger partial charge on any atom is 0.319 e. The smallest absolute Gasteiger partial charge is 0.319 e. The van der Waals surface area contributed by atoms with Crippen LogP contribution in [0, 0.1) is 0 Å². The lowest BCUT2D eigenvalue weighted by Crippen LogP contribution is -2.36. The van der Waals surface area contributed by atoms with Gasteiger partial charge in [-0.1, -0.05) is 26.8 Å². The second kappa shape index (κ2) is 7.28. The second-order valence-electron chi connectivity index (χ2n) is 5.84. The predicted octanol–water partition coefficient (Wildman–Crippen LogP) is 1.47. The van der Waals surface area contributed by atoms with Crippen molar-refractivity contribution in [3.63, 3.8) is 0 Å². The van der Waals surface area contributed by atoms with Crippen LogP contribution >= 0.6 is 0 Å². The zero-order chi connectivity index (χ0) is 16.0. The van der Waals surface area contributed by atoms with Gasteiger partial charge in [-0.25, -0.2) is 4.79 Å². The van der Waals surface area contributed by atoms with Gasteiger partial charge in [-0.2, -0.15) is 0 Å². The lowest BCUT2D eigenvalue weighted by molar-refractivity contribution is 0.0965. The molecule has 1 aromatic carbocycles.